The monoisotopic (exact) mass is 340 g/mol. The largest absolute Gasteiger partial charge is 0.345 e. The van der Waals surface area contributed by atoms with Crippen LogP contribution in [-0.2, 0) is 0 Å². The number of halogens is 2. The lowest BCUT2D eigenvalue weighted by Crippen LogP contribution is -2.54. The Kier molecular flexibility index (Phi) is 6.69. The van der Waals surface area contributed by atoms with Gasteiger partial charge in [-0.2, -0.15) is 0 Å². The lowest BCUT2D eigenvalue weighted by atomic mass is 9.88. The molecule has 6 heteroatoms. The molecule has 0 saturated carbocycles. The average Bonchev–Trinajstić information content (AvgIpc) is 2.64. The number of nitrogens with one attached hydrogen (secondary N) is 1. The van der Waals surface area contributed by atoms with Gasteiger partial charge in [-0.05, 0) is 40.2 Å². The molecular formula is C11H18BrClN2OS. The van der Waals surface area contributed by atoms with E-state index >= 15 is 0 Å². The predicted octanol–water partition coefficient (Wildman–Crippen LogP) is 3.04. The third-order valence-corrected chi connectivity index (χ3v) is 4.76. The van der Waals surface area contributed by atoms with Crippen molar-refractivity contribution in [2.24, 2.45) is 11.7 Å². The first-order chi connectivity index (χ1) is 7.40. The second-order valence-electron chi connectivity index (χ2n) is 4.33. The van der Waals surface area contributed by atoms with Crippen LogP contribution in [0, 0.1) is 5.92 Å². The molecule has 0 saturated heterocycles. The molecule has 3 nitrogen and oxygen atoms in total. The summed E-state index contributed by atoms with van der Waals surface area (Å²) in [4.78, 5) is 12.7. The predicted molar refractivity (Wildman–Crippen MR) is 79.0 cm³/mol. The van der Waals surface area contributed by atoms with Crippen molar-refractivity contribution in [2.75, 3.05) is 6.54 Å². The number of rotatable bonds is 4. The summed E-state index contributed by atoms with van der Waals surface area (Å²) in [6.45, 7) is 6.50. The van der Waals surface area contributed by atoms with E-state index in [1.54, 1.807) is 0 Å². The lowest BCUT2D eigenvalue weighted by molar-refractivity contribution is 0.0887. The Morgan fingerprint density at radius 2 is 2.24 bits per heavy atom. The van der Waals surface area contributed by atoms with Crippen LogP contribution < -0.4 is 11.1 Å². The van der Waals surface area contributed by atoms with Crippen LogP contribution in [0.3, 0.4) is 0 Å². The molecule has 0 radical (unpaired) electrons. The highest BCUT2D eigenvalue weighted by Crippen LogP contribution is 2.24. The van der Waals surface area contributed by atoms with Crippen LogP contribution in [0.4, 0.5) is 0 Å². The van der Waals surface area contributed by atoms with Crippen molar-refractivity contribution in [1.82, 2.24) is 5.32 Å². The van der Waals surface area contributed by atoms with Crippen molar-refractivity contribution >= 4 is 45.6 Å². The molecule has 1 heterocycles. The first kappa shape index (κ1) is 16.9. The van der Waals surface area contributed by atoms with Crippen molar-refractivity contribution in [3.8, 4) is 0 Å². The maximum absolute atomic E-state index is 12.0. The maximum atomic E-state index is 12.0. The summed E-state index contributed by atoms with van der Waals surface area (Å²) in [5.74, 6) is 0.226. The van der Waals surface area contributed by atoms with Gasteiger partial charge in [0.15, 0.2) is 0 Å². The molecule has 1 atom stereocenters. The van der Waals surface area contributed by atoms with E-state index in [1.165, 1.54) is 11.3 Å². The molecule has 0 aromatic carbocycles. The topological polar surface area (TPSA) is 55.1 Å². The second kappa shape index (κ2) is 6.73. The van der Waals surface area contributed by atoms with Crippen molar-refractivity contribution < 1.29 is 4.79 Å². The lowest BCUT2D eigenvalue weighted by Gasteiger charge is -2.33. The van der Waals surface area contributed by atoms with Crippen molar-refractivity contribution in [3.05, 3.63) is 20.8 Å². The molecule has 1 unspecified atom stereocenters. The zero-order chi connectivity index (χ0) is 12.3. The van der Waals surface area contributed by atoms with Crippen molar-refractivity contribution in [1.29, 1.82) is 0 Å². The third-order valence-electron chi connectivity index (χ3n) is 2.92. The standard InChI is InChI=1S/C11H17BrN2OS.ClH/c1-7(2)11(3,6-13)14-10(15)9-8(12)4-5-16-9;/h4-5,7H,6,13H2,1-3H3,(H,14,15);1H. The number of hydrogen-bond donors (Lipinski definition) is 2. The summed E-state index contributed by atoms with van der Waals surface area (Å²) in [6.07, 6.45) is 0. The molecule has 0 aliphatic carbocycles. The Balaban J connectivity index is 0.00000256. The summed E-state index contributed by atoms with van der Waals surface area (Å²) in [5.41, 5.74) is 5.36. The smallest absolute Gasteiger partial charge is 0.262 e. The minimum atomic E-state index is -0.361. The van der Waals surface area contributed by atoms with E-state index in [-0.39, 0.29) is 23.9 Å². The van der Waals surface area contributed by atoms with Gasteiger partial charge >= 0.3 is 0 Å². The molecular weight excluding hydrogens is 324 g/mol. The average molecular weight is 342 g/mol. The number of thiophene rings is 1. The number of amides is 1. The zero-order valence-corrected chi connectivity index (χ0v) is 13.3. The molecule has 0 spiro atoms. The van der Waals surface area contributed by atoms with Gasteiger partial charge in [0.25, 0.3) is 5.91 Å². The molecule has 0 fully saturated rings. The van der Waals surface area contributed by atoms with E-state index in [4.69, 9.17) is 5.73 Å². The molecule has 1 aromatic rings. The highest BCUT2D eigenvalue weighted by Gasteiger charge is 2.29. The van der Waals surface area contributed by atoms with E-state index in [2.05, 4.69) is 35.1 Å². The van der Waals surface area contributed by atoms with Gasteiger partial charge in [-0.25, -0.2) is 0 Å². The van der Waals surface area contributed by atoms with E-state index in [0.29, 0.717) is 17.3 Å². The molecule has 0 aliphatic rings. The van der Waals surface area contributed by atoms with Crippen LogP contribution in [0.1, 0.15) is 30.4 Å². The Bertz CT molecular complexity index is 383. The Hall–Kier alpha value is -0.100. The Labute approximate surface area is 121 Å². The number of hydrogen-bond acceptors (Lipinski definition) is 3. The zero-order valence-electron chi connectivity index (χ0n) is 10.1. The molecule has 0 bridgehead atoms. The molecule has 0 aliphatic heterocycles. The van der Waals surface area contributed by atoms with Gasteiger partial charge in [0, 0.05) is 11.0 Å². The Morgan fingerprint density at radius 3 is 2.59 bits per heavy atom. The van der Waals surface area contributed by atoms with Gasteiger partial charge in [0.2, 0.25) is 0 Å². The molecule has 17 heavy (non-hydrogen) atoms. The molecule has 3 N–H and O–H groups in total. The quantitative estimate of drug-likeness (QED) is 0.884. The molecule has 1 aromatic heterocycles. The fraction of sp³-hybridized carbons (Fsp3) is 0.545. The van der Waals surface area contributed by atoms with Gasteiger partial charge in [0.05, 0.1) is 5.54 Å². The highest BCUT2D eigenvalue weighted by molar-refractivity contribution is 9.10. The van der Waals surface area contributed by atoms with Crippen LogP contribution in [0.15, 0.2) is 15.9 Å². The first-order valence-electron chi connectivity index (χ1n) is 5.16. The minimum absolute atomic E-state index is 0. The van der Waals surface area contributed by atoms with Gasteiger partial charge < -0.3 is 11.1 Å². The normalized spacial score (nSPS) is 14.0. The summed E-state index contributed by atoms with van der Waals surface area (Å²) >= 11 is 4.77. The van der Waals surface area contributed by atoms with E-state index in [1.807, 2.05) is 18.4 Å². The van der Waals surface area contributed by atoms with Crippen LogP contribution in [0.25, 0.3) is 0 Å². The van der Waals surface area contributed by atoms with Crippen molar-refractivity contribution in [3.63, 3.8) is 0 Å². The van der Waals surface area contributed by atoms with E-state index in [0.717, 1.165) is 4.47 Å². The SMILES string of the molecule is CC(C)C(C)(CN)NC(=O)c1sccc1Br.Cl. The summed E-state index contributed by atoms with van der Waals surface area (Å²) < 4.78 is 0.832. The fourth-order valence-corrected chi connectivity index (χ4v) is 2.65. The summed E-state index contributed by atoms with van der Waals surface area (Å²) in [5, 5.41) is 4.89. The number of carbonyl (C=O) groups excluding carboxylic acids is 1. The van der Waals surface area contributed by atoms with Crippen LogP contribution >= 0.6 is 39.7 Å². The van der Waals surface area contributed by atoms with Crippen LogP contribution in [0.2, 0.25) is 0 Å². The molecule has 1 amide bonds. The Morgan fingerprint density at radius 1 is 1.65 bits per heavy atom. The maximum Gasteiger partial charge on any atom is 0.262 e. The first-order valence-corrected chi connectivity index (χ1v) is 6.83. The third kappa shape index (κ3) is 3.95. The van der Waals surface area contributed by atoms with Gasteiger partial charge in [-0.3, -0.25) is 4.79 Å². The van der Waals surface area contributed by atoms with Crippen LogP contribution in [0.5, 0.6) is 0 Å². The minimum Gasteiger partial charge on any atom is -0.345 e. The highest BCUT2D eigenvalue weighted by atomic mass is 79.9. The second-order valence-corrected chi connectivity index (χ2v) is 6.10. The fourth-order valence-electron chi connectivity index (χ4n) is 1.20. The van der Waals surface area contributed by atoms with Crippen LogP contribution in [-0.4, -0.2) is 18.0 Å². The molecule has 1 rings (SSSR count). The summed E-state index contributed by atoms with van der Waals surface area (Å²) in [6, 6.07) is 1.87. The summed E-state index contributed by atoms with van der Waals surface area (Å²) in [7, 11) is 0. The van der Waals surface area contributed by atoms with E-state index < -0.39 is 0 Å². The van der Waals surface area contributed by atoms with Crippen molar-refractivity contribution in [2.45, 2.75) is 26.3 Å². The molecule has 98 valence electrons. The van der Waals surface area contributed by atoms with Gasteiger partial charge in [-0.15, -0.1) is 23.7 Å². The van der Waals surface area contributed by atoms with Gasteiger partial charge in [0.1, 0.15) is 4.88 Å². The number of nitrogens with two attached hydrogens (primary N) is 1. The van der Waals surface area contributed by atoms with E-state index in [9.17, 15) is 4.79 Å². The van der Waals surface area contributed by atoms with Gasteiger partial charge in [-0.1, -0.05) is 13.8 Å². The number of carbonyl (C=O) groups is 1.